The number of aryl methyl sites for hydroxylation is 1. The van der Waals surface area contributed by atoms with E-state index in [1.807, 2.05) is 31.2 Å². The Morgan fingerprint density at radius 2 is 1.95 bits per heavy atom. The third kappa shape index (κ3) is 3.97. The minimum Gasteiger partial charge on any atom is -0.484 e. The summed E-state index contributed by atoms with van der Waals surface area (Å²) >= 11 is 0. The van der Waals surface area contributed by atoms with Crippen molar-refractivity contribution in [1.82, 2.24) is 5.32 Å². The molecule has 0 bridgehead atoms. The molecular formula is C16H23NO3. The van der Waals surface area contributed by atoms with Gasteiger partial charge in [0.2, 0.25) is 0 Å². The molecular weight excluding hydrogens is 254 g/mol. The smallest absolute Gasteiger partial charge is 0.257 e. The van der Waals surface area contributed by atoms with Crippen molar-refractivity contribution in [2.24, 2.45) is 5.41 Å². The van der Waals surface area contributed by atoms with Gasteiger partial charge in [0.05, 0.1) is 6.61 Å². The summed E-state index contributed by atoms with van der Waals surface area (Å²) < 4.78 is 5.43. The van der Waals surface area contributed by atoms with E-state index in [-0.39, 0.29) is 24.5 Å². The molecule has 0 aromatic heterocycles. The number of aliphatic hydroxyl groups excluding tert-OH is 1. The van der Waals surface area contributed by atoms with E-state index in [1.54, 1.807) is 0 Å². The van der Waals surface area contributed by atoms with Gasteiger partial charge in [-0.1, -0.05) is 30.5 Å². The Morgan fingerprint density at radius 1 is 1.30 bits per heavy atom. The molecule has 0 saturated heterocycles. The highest BCUT2D eigenvalue weighted by Gasteiger charge is 2.33. The Kier molecular flexibility index (Phi) is 5.01. The van der Waals surface area contributed by atoms with Crippen LogP contribution in [0.25, 0.3) is 0 Å². The quantitative estimate of drug-likeness (QED) is 0.836. The van der Waals surface area contributed by atoms with Crippen LogP contribution >= 0.6 is 0 Å². The van der Waals surface area contributed by atoms with Gasteiger partial charge in [-0.05, 0) is 31.9 Å². The second-order valence-electron chi connectivity index (χ2n) is 5.74. The van der Waals surface area contributed by atoms with Gasteiger partial charge in [-0.15, -0.1) is 0 Å². The Bertz CT molecular complexity index is 436. The average molecular weight is 277 g/mol. The summed E-state index contributed by atoms with van der Waals surface area (Å²) in [5, 5.41) is 12.4. The predicted molar refractivity (Wildman–Crippen MR) is 77.7 cm³/mol. The molecule has 2 rings (SSSR count). The lowest BCUT2D eigenvalue weighted by molar-refractivity contribution is -0.123. The predicted octanol–water partition coefficient (Wildman–Crippen LogP) is 2.04. The molecule has 0 unspecified atom stereocenters. The van der Waals surface area contributed by atoms with Crippen LogP contribution in [0, 0.1) is 12.3 Å². The lowest BCUT2D eigenvalue weighted by Gasteiger charge is -2.26. The van der Waals surface area contributed by atoms with Gasteiger partial charge < -0.3 is 15.2 Å². The normalized spacial score (nSPS) is 16.9. The number of carbonyl (C=O) groups excluding carboxylic acids is 1. The summed E-state index contributed by atoms with van der Waals surface area (Å²) in [4.78, 5) is 11.8. The van der Waals surface area contributed by atoms with E-state index < -0.39 is 0 Å². The molecule has 1 amide bonds. The first kappa shape index (κ1) is 14.9. The summed E-state index contributed by atoms with van der Waals surface area (Å²) in [7, 11) is 0. The topological polar surface area (TPSA) is 58.6 Å². The third-order valence-electron chi connectivity index (χ3n) is 4.05. The molecule has 1 aromatic carbocycles. The van der Waals surface area contributed by atoms with Gasteiger partial charge in [0, 0.05) is 12.0 Å². The Hall–Kier alpha value is -1.55. The second kappa shape index (κ2) is 6.75. The van der Waals surface area contributed by atoms with Crippen molar-refractivity contribution >= 4 is 5.91 Å². The van der Waals surface area contributed by atoms with Crippen LogP contribution in [0.4, 0.5) is 0 Å². The fraction of sp³-hybridized carbons (Fsp3) is 0.562. The maximum absolute atomic E-state index is 11.8. The molecule has 1 aliphatic rings. The zero-order chi connectivity index (χ0) is 14.4. The molecule has 0 atom stereocenters. The van der Waals surface area contributed by atoms with Gasteiger partial charge in [0.25, 0.3) is 5.91 Å². The van der Waals surface area contributed by atoms with Crippen molar-refractivity contribution in [3.05, 3.63) is 29.8 Å². The molecule has 0 aliphatic heterocycles. The average Bonchev–Trinajstić information content (AvgIpc) is 2.94. The van der Waals surface area contributed by atoms with Crippen molar-refractivity contribution < 1.29 is 14.6 Å². The summed E-state index contributed by atoms with van der Waals surface area (Å²) in [5.41, 5.74) is 1.05. The molecule has 2 N–H and O–H groups in total. The summed E-state index contributed by atoms with van der Waals surface area (Å²) in [6, 6.07) is 7.61. The molecule has 0 spiro atoms. The van der Waals surface area contributed by atoms with E-state index in [0.717, 1.165) is 31.2 Å². The maximum atomic E-state index is 11.8. The van der Waals surface area contributed by atoms with E-state index in [4.69, 9.17) is 4.74 Å². The zero-order valence-electron chi connectivity index (χ0n) is 12.0. The minimum absolute atomic E-state index is 0.0184. The molecule has 110 valence electrons. The molecule has 20 heavy (non-hydrogen) atoms. The van der Waals surface area contributed by atoms with Crippen molar-refractivity contribution in [3.8, 4) is 5.75 Å². The van der Waals surface area contributed by atoms with Crippen LogP contribution in [0.15, 0.2) is 24.3 Å². The van der Waals surface area contributed by atoms with Crippen LogP contribution < -0.4 is 10.1 Å². The molecule has 4 nitrogen and oxygen atoms in total. The first-order valence-electron chi connectivity index (χ1n) is 7.21. The molecule has 1 aromatic rings. The molecule has 4 heteroatoms. The standard InChI is InChI=1S/C16H23NO3/c1-13-4-6-14(7-5-13)20-10-15(19)17-11-16(12-18)8-2-3-9-16/h4-7,18H,2-3,8-12H2,1H3,(H,17,19). The van der Waals surface area contributed by atoms with Gasteiger partial charge in [0.15, 0.2) is 6.61 Å². The van der Waals surface area contributed by atoms with E-state index in [1.165, 1.54) is 0 Å². The molecule has 0 radical (unpaired) electrons. The SMILES string of the molecule is Cc1ccc(OCC(=O)NCC2(CO)CCCC2)cc1. The lowest BCUT2D eigenvalue weighted by atomic mass is 9.87. The highest BCUT2D eigenvalue weighted by atomic mass is 16.5. The van der Waals surface area contributed by atoms with Gasteiger partial charge >= 0.3 is 0 Å². The highest BCUT2D eigenvalue weighted by molar-refractivity contribution is 5.77. The van der Waals surface area contributed by atoms with Gasteiger partial charge in [0.1, 0.15) is 5.75 Å². The Morgan fingerprint density at radius 3 is 2.55 bits per heavy atom. The number of amides is 1. The van der Waals surface area contributed by atoms with Crippen LogP contribution in [-0.4, -0.2) is 30.8 Å². The lowest BCUT2D eigenvalue weighted by Crippen LogP contribution is -2.40. The monoisotopic (exact) mass is 277 g/mol. The largest absolute Gasteiger partial charge is 0.484 e. The second-order valence-corrected chi connectivity index (χ2v) is 5.74. The van der Waals surface area contributed by atoms with Gasteiger partial charge in [-0.3, -0.25) is 4.79 Å². The summed E-state index contributed by atoms with van der Waals surface area (Å²) in [6.45, 7) is 2.71. The van der Waals surface area contributed by atoms with E-state index >= 15 is 0 Å². The summed E-state index contributed by atoms with van der Waals surface area (Å²) in [5.74, 6) is 0.564. The zero-order valence-corrected chi connectivity index (χ0v) is 12.0. The van der Waals surface area contributed by atoms with Gasteiger partial charge in [-0.2, -0.15) is 0 Å². The van der Waals surface area contributed by atoms with Crippen LogP contribution in [-0.2, 0) is 4.79 Å². The Balaban J connectivity index is 1.74. The van der Waals surface area contributed by atoms with Crippen LogP contribution in [0.5, 0.6) is 5.75 Å². The van der Waals surface area contributed by atoms with Crippen molar-refractivity contribution in [1.29, 1.82) is 0 Å². The number of hydrogen-bond donors (Lipinski definition) is 2. The molecule has 1 aliphatic carbocycles. The van der Waals surface area contributed by atoms with Crippen molar-refractivity contribution in [3.63, 3.8) is 0 Å². The van der Waals surface area contributed by atoms with Crippen LogP contribution in [0.3, 0.4) is 0 Å². The number of hydrogen-bond acceptors (Lipinski definition) is 3. The van der Waals surface area contributed by atoms with E-state index in [9.17, 15) is 9.90 Å². The van der Waals surface area contributed by atoms with Gasteiger partial charge in [-0.25, -0.2) is 0 Å². The minimum atomic E-state index is -0.134. The van der Waals surface area contributed by atoms with E-state index in [2.05, 4.69) is 5.32 Å². The molecule has 0 heterocycles. The first-order valence-corrected chi connectivity index (χ1v) is 7.21. The third-order valence-corrected chi connectivity index (χ3v) is 4.05. The maximum Gasteiger partial charge on any atom is 0.257 e. The summed E-state index contributed by atoms with van der Waals surface area (Å²) in [6.07, 6.45) is 4.25. The molecule has 1 saturated carbocycles. The highest BCUT2D eigenvalue weighted by Crippen LogP contribution is 2.36. The number of carbonyl (C=O) groups is 1. The fourth-order valence-corrected chi connectivity index (χ4v) is 2.64. The first-order chi connectivity index (χ1) is 9.63. The fourth-order valence-electron chi connectivity index (χ4n) is 2.64. The van der Waals surface area contributed by atoms with Crippen LogP contribution in [0.2, 0.25) is 0 Å². The van der Waals surface area contributed by atoms with Crippen LogP contribution in [0.1, 0.15) is 31.2 Å². The number of aliphatic hydroxyl groups is 1. The Labute approximate surface area is 120 Å². The van der Waals surface area contributed by atoms with Crippen molar-refractivity contribution in [2.75, 3.05) is 19.8 Å². The number of ether oxygens (including phenoxy) is 1. The number of rotatable bonds is 6. The number of nitrogens with one attached hydrogen (secondary N) is 1. The number of benzene rings is 1. The molecule has 1 fully saturated rings. The van der Waals surface area contributed by atoms with Crippen molar-refractivity contribution in [2.45, 2.75) is 32.6 Å². The van der Waals surface area contributed by atoms with E-state index in [0.29, 0.717) is 12.3 Å².